The van der Waals surface area contributed by atoms with Gasteiger partial charge in [-0.15, -0.1) is 0 Å². The van der Waals surface area contributed by atoms with E-state index in [1.165, 1.54) is 4.90 Å². The summed E-state index contributed by atoms with van der Waals surface area (Å²) in [5.74, 6) is -0.842. The number of hydrogen-bond acceptors (Lipinski definition) is 5. The van der Waals surface area contributed by atoms with E-state index in [1.807, 2.05) is 61.5 Å². The van der Waals surface area contributed by atoms with Gasteiger partial charge in [0.25, 0.3) is 0 Å². The lowest BCUT2D eigenvalue weighted by Gasteiger charge is -2.43. The number of ether oxygens (including phenoxy) is 1. The van der Waals surface area contributed by atoms with E-state index < -0.39 is 36.3 Å². The molecule has 1 aliphatic rings. The summed E-state index contributed by atoms with van der Waals surface area (Å²) in [7, 11) is 0. The standard InChI is InChI=1S/C28H37N3O5/c1-19-13-15-21(16-14-19)24(25(33)29-17-20-9-6-5-7-10-20)31(22-11-8-12-22)26(34)23(18-32)30-27(35)36-28(2,3)4/h5-7,9-10,13-16,22-24,32H,8,11-12,17-18H2,1-4H3,(H,29,33)(H,30,35). The van der Waals surface area contributed by atoms with E-state index in [9.17, 15) is 19.5 Å². The van der Waals surface area contributed by atoms with Crippen molar-refractivity contribution in [2.24, 2.45) is 0 Å². The van der Waals surface area contributed by atoms with Gasteiger partial charge in [0.05, 0.1) is 6.61 Å². The first kappa shape index (κ1) is 27.2. The zero-order valence-corrected chi connectivity index (χ0v) is 21.5. The van der Waals surface area contributed by atoms with Gasteiger partial charge in [-0.2, -0.15) is 0 Å². The number of rotatable bonds is 9. The summed E-state index contributed by atoms with van der Waals surface area (Å²) >= 11 is 0. The molecule has 3 rings (SSSR count). The molecule has 2 aromatic carbocycles. The second-order valence-corrected chi connectivity index (χ2v) is 10.2. The molecule has 2 atom stereocenters. The number of amides is 3. The Bertz CT molecular complexity index is 1030. The van der Waals surface area contributed by atoms with Gasteiger partial charge < -0.3 is 25.4 Å². The van der Waals surface area contributed by atoms with Crippen molar-refractivity contribution in [1.82, 2.24) is 15.5 Å². The van der Waals surface area contributed by atoms with Crippen LogP contribution in [0.3, 0.4) is 0 Å². The Balaban J connectivity index is 1.90. The highest BCUT2D eigenvalue weighted by atomic mass is 16.6. The second-order valence-electron chi connectivity index (χ2n) is 10.2. The van der Waals surface area contributed by atoms with E-state index in [0.717, 1.165) is 30.4 Å². The van der Waals surface area contributed by atoms with E-state index in [-0.39, 0.29) is 11.9 Å². The smallest absolute Gasteiger partial charge is 0.408 e. The van der Waals surface area contributed by atoms with Crippen molar-refractivity contribution in [3.05, 3.63) is 71.3 Å². The van der Waals surface area contributed by atoms with Gasteiger partial charge in [-0.05, 0) is 58.1 Å². The van der Waals surface area contributed by atoms with Crippen LogP contribution in [-0.2, 0) is 20.9 Å². The SMILES string of the molecule is Cc1ccc(C(C(=O)NCc2ccccc2)N(C(=O)C(CO)NC(=O)OC(C)(C)C)C2CCC2)cc1. The van der Waals surface area contributed by atoms with Crippen LogP contribution >= 0.6 is 0 Å². The molecule has 0 aliphatic heterocycles. The van der Waals surface area contributed by atoms with Crippen molar-refractivity contribution in [2.45, 2.75) is 77.2 Å². The summed E-state index contributed by atoms with van der Waals surface area (Å²) in [6.07, 6.45) is 1.61. The maximum atomic E-state index is 13.8. The molecule has 1 saturated carbocycles. The second kappa shape index (κ2) is 12.0. The molecule has 8 nitrogen and oxygen atoms in total. The molecular formula is C28H37N3O5. The first-order valence-corrected chi connectivity index (χ1v) is 12.4. The monoisotopic (exact) mass is 495 g/mol. The molecule has 0 aromatic heterocycles. The van der Waals surface area contributed by atoms with Crippen molar-refractivity contribution >= 4 is 17.9 Å². The molecule has 0 saturated heterocycles. The molecule has 0 bridgehead atoms. The number of nitrogens with zero attached hydrogens (tertiary/aromatic N) is 1. The van der Waals surface area contributed by atoms with Crippen molar-refractivity contribution in [3.8, 4) is 0 Å². The van der Waals surface area contributed by atoms with Crippen LogP contribution in [0.2, 0.25) is 0 Å². The van der Waals surface area contributed by atoms with Gasteiger partial charge in [0, 0.05) is 12.6 Å². The highest BCUT2D eigenvalue weighted by Gasteiger charge is 2.41. The summed E-state index contributed by atoms with van der Waals surface area (Å²) < 4.78 is 5.28. The molecule has 0 radical (unpaired) electrons. The summed E-state index contributed by atoms with van der Waals surface area (Å²) in [5, 5.41) is 15.5. The van der Waals surface area contributed by atoms with Crippen LogP contribution in [0.25, 0.3) is 0 Å². The van der Waals surface area contributed by atoms with E-state index >= 15 is 0 Å². The Labute approximate surface area is 213 Å². The number of hydrogen-bond donors (Lipinski definition) is 3. The van der Waals surface area contributed by atoms with Crippen molar-refractivity contribution in [3.63, 3.8) is 0 Å². The molecule has 0 heterocycles. The van der Waals surface area contributed by atoms with Gasteiger partial charge in [0.2, 0.25) is 11.8 Å². The molecule has 3 amide bonds. The first-order valence-electron chi connectivity index (χ1n) is 12.4. The summed E-state index contributed by atoms with van der Waals surface area (Å²) in [6.45, 7) is 6.80. The van der Waals surface area contributed by atoms with E-state index in [2.05, 4.69) is 10.6 Å². The van der Waals surface area contributed by atoms with Crippen LogP contribution in [-0.4, -0.2) is 52.2 Å². The molecule has 1 aliphatic carbocycles. The van der Waals surface area contributed by atoms with E-state index in [4.69, 9.17) is 4.74 Å². The highest BCUT2D eigenvalue weighted by molar-refractivity contribution is 5.92. The lowest BCUT2D eigenvalue weighted by Crippen LogP contribution is -2.58. The topological polar surface area (TPSA) is 108 Å². The largest absolute Gasteiger partial charge is 0.444 e. The zero-order valence-electron chi connectivity index (χ0n) is 21.5. The molecule has 3 N–H and O–H groups in total. The summed E-state index contributed by atoms with van der Waals surface area (Å²) in [6, 6.07) is 14.7. The minimum absolute atomic E-state index is 0.180. The number of benzene rings is 2. The average Bonchev–Trinajstić information content (AvgIpc) is 2.80. The Morgan fingerprint density at radius 2 is 1.69 bits per heavy atom. The van der Waals surface area contributed by atoms with Crippen molar-refractivity contribution < 1.29 is 24.2 Å². The van der Waals surface area contributed by atoms with Gasteiger partial charge in [-0.1, -0.05) is 60.2 Å². The van der Waals surface area contributed by atoms with Crippen LogP contribution in [0.4, 0.5) is 4.79 Å². The maximum Gasteiger partial charge on any atom is 0.408 e. The Morgan fingerprint density at radius 3 is 2.22 bits per heavy atom. The third-order valence-corrected chi connectivity index (χ3v) is 6.12. The Morgan fingerprint density at radius 1 is 1.06 bits per heavy atom. The number of alkyl carbamates (subject to hydrolysis) is 1. The fourth-order valence-corrected chi connectivity index (χ4v) is 4.07. The van der Waals surface area contributed by atoms with Crippen LogP contribution in [0.5, 0.6) is 0 Å². The van der Waals surface area contributed by atoms with Crippen LogP contribution in [0.1, 0.15) is 62.8 Å². The lowest BCUT2D eigenvalue weighted by atomic mass is 9.88. The molecule has 1 fully saturated rings. The van der Waals surface area contributed by atoms with Crippen molar-refractivity contribution in [1.29, 1.82) is 0 Å². The van der Waals surface area contributed by atoms with Crippen LogP contribution in [0.15, 0.2) is 54.6 Å². The molecule has 2 unspecified atom stereocenters. The predicted octanol–water partition coefficient (Wildman–Crippen LogP) is 3.62. The van der Waals surface area contributed by atoms with Crippen molar-refractivity contribution in [2.75, 3.05) is 6.61 Å². The van der Waals surface area contributed by atoms with Crippen LogP contribution < -0.4 is 10.6 Å². The third kappa shape index (κ3) is 7.31. The number of nitrogens with one attached hydrogen (secondary N) is 2. The average molecular weight is 496 g/mol. The molecule has 0 spiro atoms. The fraction of sp³-hybridized carbons (Fsp3) is 0.464. The van der Waals surface area contributed by atoms with E-state index in [1.54, 1.807) is 20.8 Å². The normalized spacial score (nSPS) is 15.2. The fourth-order valence-electron chi connectivity index (χ4n) is 4.07. The summed E-state index contributed by atoms with van der Waals surface area (Å²) in [4.78, 5) is 41.3. The quantitative estimate of drug-likeness (QED) is 0.493. The third-order valence-electron chi connectivity index (χ3n) is 6.12. The van der Waals surface area contributed by atoms with Gasteiger partial charge in [-0.25, -0.2) is 4.79 Å². The van der Waals surface area contributed by atoms with Gasteiger partial charge >= 0.3 is 6.09 Å². The minimum atomic E-state index is -1.24. The minimum Gasteiger partial charge on any atom is -0.444 e. The zero-order chi connectivity index (χ0) is 26.3. The lowest BCUT2D eigenvalue weighted by molar-refractivity contribution is -0.148. The van der Waals surface area contributed by atoms with Gasteiger partial charge in [-0.3, -0.25) is 9.59 Å². The molecule has 194 valence electrons. The first-order chi connectivity index (χ1) is 17.1. The molecule has 36 heavy (non-hydrogen) atoms. The molecule has 2 aromatic rings. The predicted molar refractivity (Wildman–Crippen MR) is 137 cm³/mol. The number of aryl methyl sites for hydroxylation is 1. The van der Waals surface area contributed by atoms with E-state index in [0.29, 0.717) is 12.1 Å². The maximum absolute atomic E-state index is 13.8. The molecule has 8 heteroatoms. The Kier molecular flexibility index (Phi) is 9.09. The molecular weight excluding hydrogens is 458 g/mol. The number of carbonyl (C=O) groups excluding carboxylic acids is 3. The van der Waals surface area contributed by atoms with Crippen LogP contribution in [0, 0.1) is 6.92 Å². The number of aliphatic hydroxyl groups excluding tert-OH is 1. The number of carbonyl (C=O) groups is 3. The number of aliphatic hydroxyl groups is 1. The summed E-state index contributed by atoms with van der Waals surface area (Å²) in [5.41, 5.74) is 1.88. The van der Waals surface area contributed by atoms with Gasteiger partial charge in [0.1, 0.15) is 17.7 Å². The Hall–Kier alpha value is -3.39. The van der Waals surface area contributed by atoms with Gasteiger partial charge in [0.15, 0.2) is 0 Å². The highest BCUT2D eigenvalue weighted by Crippen LogP contribution is 2.34.